The Kier molecular flexibility index (Phi) is 4.71. The Morgan fingerprint density at radius 2 is 1.78 bits per heavy atom. The molecule has 0 heterocycles. The molecule has 98 valence electrons. The molecule has 0 bridgehead atoms. The van der Waals surface area contributed by atoms with Crippen molar-refractivity contribution in [3.05, 3.63) is 29.8 Å². The molecule has 1 amide bonds. The number of ether oxygens (including phenoxy) is 1. The van der Waals surface area contributed by atoms with E-state index in [1.165, 1.54) is 7.11 Å². The summed E-state index contributed by atoms with van der Waals surface area (Å²) in [4.78, 5) is 24.9. The van der Waals surface area contributed by atoms with E-state index in [0.717, 1.165) is 5.69 Å². The van der Waals surface area contributed by atoms with Gasteiger partial charge in [0.2, 0.25) is 0 Å². The Morgan fingerprint density at radius 1 is 1.22 bits per heavy atom. The van der Waals surface area contributed by atoms with Crippen molar-refractivity contribution >= 4 is 17.6 Å². The lowest BCUT2D eigenvalue weighted by Crippen LogP contribution is -2.39. The van der Waals surface area contributed by atoms with Crippen molar-refractivity contribution in [2.75, 3.05) is 26.1 Å². The Bertz CT molecular complexity index is 426. The maximum Gasteiger partial charge on any atom is 0.328 e. The molecule has 0 aliphatic heterocycles. The van der Waals surface area contributed by atoms with E-state index >= 15 is 0 Å². The van der Waals surface area contributed by atoms with Crippen LogP contribution >= 0.6 is 0 Å². The Balaban J connectivity index is 2.70. The topological polar surface area (TPSA) is 58.6 Å². The zero-order chi connectivity index (χ0) is 13.7. The molecule has 0 spiro atoms. The van der Waals surface area contributed by atoms with Gasteiger partial charge in [-0.2, -0.15) is 0 Å². The van der Waals surface area contributed by atoms with Gasteiger partial charge in [0, 0.05) is 25.3 Å². The number of anilines is 1. The van der Waals surface area contributed by atoms with Crippen LogP contribution in [0.25, 0.3) is 0 Å². The first-order chi connectivity index (χ1) is 8.45. The molecule has 1 unspecified atom stereocenters. The van der Waals surface area contributed by atoms with Crippen molar-refractivity contribution in [3.63, 3.8) is 0 Å². The number of methoxy groups -OCH3 is 1. The second-order valence-corrected chi connectivity index (χ2v) is 4.16. The van der Waals surface area contributed by atoms with Gasteiger partial charge in [-0.25, -0.2) is 4.79 Å². The van der Waals surface area contributed by atoms with E-state index in [1.54, 1.807) is 19.1 Å². The molecule has 0 radical (unpaired) electrons. The average Bonchev–Trinajstić information content (AvgIpc) is 2.37. The summed E-state index contributed by atoms with van der Waals surface area (Å²) in [6, 6.07) is 6.47. The molecule has 18 heavy (non-hydrogen) atoms. The molecule has 0 aliphatic carbocycles. The fraction of sp³-hybridized carbons (Fsp3) is 0.385. The van der Waals surface area contributed by atoms with Gasteiger partial charge in [0.15, 0.2) is 0 Å². The number of amides is 1. The van der Waals surface area contributed by atoms with E-state index in [4.69, 9.17) is 0 Å². The minimum atomic E-state index is -0.656. The van der Waals surface area contributed by atoms with Crippen LogP contribution in [-0.2, 0) is 9.53 Å². The fourth-order valence-corrected chi connectivity index (χ4v) is 1.43. The lowest BCUT2D eigenvalue weighted by molar-refractivity contribution is -0.142. The van der Waals surface area contributed by atoms with Crippen molar-refractivity contribution in [2.45, 2.75) is 13.0 Å². The predicted molar refractivity (Wildman–Crippen MR) is 69.7 cm³/mol. The highest BCUT2D eigenvalue weighted by molar-refractivity contribution is 5.96. The highest BCUT2D eigenvalue weighted by Gasteiger charge is 2.16. The Morgan fingerprint density at radius 3 is 2.22 bits per heavy atom. The van der Waals surface area contributed by atoms with Crippen LogP contribution in [0.3, 0.4) is 0 Å². The number of nitrogens with one attached hydrogen (secondary N) is 1. The maximum absolute atomic E-state index is 11.8. The van der Waals surface area contributed by atoms with Gasteiger partial charge in [-0.15, -0.1) is 0 Å². The molecule has 0 aliphatic rings. The highest BCUT2D eigenvalue weighted by atomic mass is 16.5. The van der Waals surface area contributed by atoms with Crippen LogP contribution in [0.5, 0.6) is 0 Å². The molecule has 1 N–H and O–H groups in total. The molecular formula is C13H18N2O3. The van der Waals surface area contributed by atoms with Crippen molar-refractivity contribution in [3.8, 4) is 0 Å². The highest BCUT2D eigenvalue weighted by Crippen LogP contribution is 2.12. The zero-order valence-corrected chi connectivity index (χ0v) is 11.1. The van der Waals surface area contributed by atoms with Crippen LogP contribution in [-0.4, -0.2) is 39.1 Å². The van der Waals surface area contributed by atoms with E-state index in [0.29, 0.717) is 5.56 Å². The number of benzene rings is 1. The van der Waals surface area contributed by atoms with Gasteiger partial charge < -0.3 is 15.0 Å². The van der Waals surface area contributed by atoms with E-state index in [-0.39, 0.29) is 5.91 Å². The quantitative estimate of drug-likeness (QED) is 0.811. The van der Waals surface area contributed by atoms with Crippen LogP contribution < -0.4 is 10.2 Å². The standard InChI is InChI=1S/C13H18N2O3/c1-9(13(17)18-4)14-12(16)10-5-7-11(8-6-10)15(2)3/h5-9H,1-4H3,(H,14,16). The van der Waals surface area contributed by atoms with Crippen molar-refractivity contribution in [2.24, 2.45) is 0 Å². The van der Waals surface area contributed by atoms with Crippen LogP contribution in [0.2, 0.25) is 0 Å². The minimum Gasteiger partial charge on any atom is -0.467 e. The lowest BCUT2D eigenvalue weighted by Gasteiger charge is -2.14. The number of esters is 1. The molecule has 0 saturated carbocycles. The molecular weight excluding hydrogens is 232 g/mol. The summed E-state index contributed by atoms with van der Waals surface area (Å²) in [7, 11) is 5.14. The molecule has 5 heteroatoms. The second kappa shape index (κ2) is 6.05. The zero-order valence-electron chi connectivity index (χ0n) is 11.1. The summed E-state index contributed by atoms with van der Waals surface area (Å²) in [6.07, 6.45) is 0. The predicted octanol–water partition coefficient (Wildman–Crippen LogP) is 1.04. The van der Waals surface area contributed by atoms with Crippen molar-refractivity contribution < 1.29 is 14.3 Å². The molecule has 1 atom stereocenters. The fourth-order valence-electron chi connectivity index (χ4n) is 1.43. The number of hydrogen-bond acceptors (Lipinski definition) is 4. The van der Waals surface area contributed by atoms with E-state index < -0.39 is 12.0 Å². The third-order valence-corrected chi connectivity index (χ3v) is 2.55. The van der Waals surface area contributed by atoms with Crippen molar-refractivity contribution in [1.29, 1.82) is 0 Å². The summed E-state index contributed by atoms with van der Waals surface area (Å²) in [6.45, 7) is 1.58. The summed E-state index contributed by atoms with van der Waals surface area (Å²) >= 11 is 0. The Hall–Kier alpha value is -2.04. The summed E-state index contributed by atoms with van der Waals surface area (Å²) < 4.78 is 4.54. The molecule has 0 fully saturated rings. The van der Waals surface area contributed by atoms with Crippen LogP contribution in [0.4, 0.5) is 5.69 Å². The van der Waals surface area contributed by atoms with Gasteiger partial charge in [-0.1, -0.05) is 0 Å². The van der Waals surface area contributed by atoms with Gasteiger partial charge in [-0.3, -0.25) is 4.79 Å². The number of hydrogen-bond donors (Lipinski definition) is 1. The number of rotatable bonds is 4. The SMILES string of the molecule is COC(=O)C(C)NC(=O)c1ccc(N(C)C)cc1. The van der Waals surface area contributed by atoms with Crippen LogP contribution in [0.15, 0.2) is 24.3 Å². The lowest BCUT2D eigenvalue weighted by atomic mass is 10.1. The number of carbonyl (C=O) groups is 2. The first-order valence-corrected chi connectivity index (χ1v) is 5.61. The van der Waals surface area contributed by atoms with Gasteiger partial charge in [0.25, 0.3) is 5.91 Å². The smallest absolute Gasteiger partial charge is 0.328 e. The summed E-state index contributed by atoms with van der Waals surface area (Å²) in [5, 5.41) is 2.57. The molecule has 1 rings (SSSR count). The molecule has 0 saturated heterocycles. The third kappa shape index (κ3) is 3.48. The summed E-state index contributed by atoms with van der Waals surface area (Å²) in [5.41, 5.74) is 1.52. The first kappa shape index (κ1) is 14.0. The maximum atomic E-state index is 11.8. The monoisotopic (exact) mass is 250 g/mol. The van der Waals surface area contributed by atoms with Crippen molar-refractivity contribution in [1.82, 2.24) is 5.32 Å². The molecule has 0 aromatic heterocycles. The Labute approximate surface area is 107 Å². The number of carbonyl (C=O) groups excluding carboxylic acids is 2. The summed E-state index contributed by atoms with van der Waals surface area (Å²) in [5.74, 6) is -0.758. The van der Waals surface area contributed by atoms with E-state index in [9.17, 15) is 9.59 Å². The average molecular weight is 250 g/mol. The number of nitrogens with zero attached hydrogens (tertiary/aromatic N) is 1. The largest absolute Gasteiger partial charge is 0.467 e. The van der Waals surface area contributed by atoms with Crippen LogP contribution in [0.1, 0.15) is 17.3 Å². The second-order valence-electron chi connectivity index (χ2n) is 4.16. The van der Waals surface area contributed by atoms with E-state index in [2.05, 4.69) is 10.1 Å². The van der Waals surface area contributed by atoms with Gasteiger partial charge >= 0.3 is 5.97 Å². The molecule has 1 aromatic rings. The normalized spacial score (nSPS) is 11.6. The van der Waals surface area contributed by atoms with E-state index in [1.807, 2.05) is 31.1 Å². The molecule has 5 nitrogen and oxygen atoms in total. The van der Waals surface area contributed by atoms with Gasteiger partial charge in [0.05, 0.1) is 7.11 Å². The third-order valence-electron chi connectivity index (χ3n) is 2.55. The molecule has 1 aromatic carbocycles. The van der Waals surface area contributed by atoms with Gasteiger partial charge in [-0.05, 0) is 31.2 Å². The first-order valence-electron chi connectivity index (χ1n) is 5.61. The minimum absolute atomic E-state index is 0.293. The van der Waals surface area contributed by atoms with Crippen LogP contribution in [0, 0.1) is 0 Å². The van der Waals surface area contributed by atoms with Gasteiger partial charge in [0.1, 0.15) is 6.04 Å².